The molecule has 1 saturated carbocycles. The van der Waals surface area contributed by atoms with Gasteiger partial charge < -0.3 is 19.5 Å². The van der Waals surface area contributed by atoms with E-state index in [0.29, 0.717) is 43.0 Å². The van der Waals surface area contributed by atoms with Crippen molar-refractivity contribution < 1.29 is 23.8 Å². The summed E-state index contributed by atoms with van der Waals surface area (Å²) < 4.78 is 17.6. The highest BCUT2D eigenvalue weighted by Crippen LogP contribution is 2.60. The number of benzene rings is 2. The van der Waals surface area contributed by atoms with Gasteiger partial charge in [-0.15, -0.1) is 0 Å². The van der Waals surface area contributed by atoms with Crippen LogP contribution in [-0.2, 0) is 22.4 Å². The fourth-order valence-electron chi connectivity index (χ4n) is 5.08. The quantitative estimate of drug-likeness (QED) is 0.566. The van der Waals surface area contributed by atoms with Crippen LogP contribution in [0.25, 0.3) is 0 Å². The Morgan fingerprint density at radius 1 is 1.15 bits per heavy atom. The molecule has 1 aliphatic carbocycles. The van der Waals surface area contributed by atoms with Crippen molar-refractivity contribution in [1.82, 2.24) is 4.98 Å². The Labute approximate surface area is 197 Å². The molecular formula is C27H24N2O5. The maximum absolute atomic E-state index is 12.7. The molecule has 172 valence electrons. The Balaban J connectivity index is 1.14. The number of hydrogen-bond donors (Lipinski definition) is 1. The molecular weight excluding hydrogens is 432 g/mol. The lowest BCUT2D eigenvalue weighted by atomic mass is 10.0. The number of aromatic nitrogens is 1. The predicted octanol–water partition coefficient (Wildman–Crippen LogP) is 4.44. The number of ether oxygens (including phenoxy) is 3. The number of anilines is 1. The Bertz CT molecular complexity index is 1300. The lowest BCUT2D eigenvalue weighted by molar-refractivity contribution is -0.119. The normalized spacial score (nSPS) is 21.4. The van der Waals surface area contributed by atoms with Crippen molar-refractivity contribution in [2.24, 2.45) is 5.92 Å². The van der Waals surface area contributed by atoms with Crippen LogP contribution in [0.3, 0.4) is 0 Å². The van der Waals surface area contributed by atoms with Crippen LogP contribution in [-0.4, -0.2) is 29.9 Å². The summed E-state index contributed by atoms with van der Waals surface area (Å²) in [7, 11) is 1.63. The number of hydrogen-bond acceptors (Lipinski definition) is 6. The molecule has 2 aromatic carbocycles. The summed E-state index contributed by atoms with van der Waals surface area (Å²) >= 11 is 0. The van der Waals surface area contributed by atoms with Gasteiger partial charge in [-0.3, -0.25) is 9.59 Å². The van der Waals surface area contributed by atoms with Gasteiger partial charge in [0.25, 0.3) is 0 Å². The molecule has 1 fully saturated rings. The lowest BCUT2D eigenvalue weighted by Gasteiger charge is -2.19. The van der Waals surface area contributed by atoms with Gasteiger partial charge in [0, 0.05) is 48.4 Å². The fourth-order valence-corrected chi connectivity index (χ4v) is 5.08. The van der Waals surface area contributed by atoms with Gasteiger partial charge in [-0.25, -0.2) is 4.98 Å². The molecule has 0 radical (unpaired) electrons. The van der Waals surface area contributed by atoms with Gasteiger partial charge >= 0.3 is 0 Å². The van der Waals surface area contributed by atoms with E-state index in [9.17, 15) is 9.59 Å². The first-order chi connectivity index (χ1) is 16.6. The number of nitrogens with one attached hydrogen (secondary N) is 1. The Hall–Kier alpha value is -3.87. The van der Waals surface area contributed by atoms with E-state index in [4.69, 9.17) is 14.2 Å². The van der Waals surface area contributed by atoms with Crippen LogP contribution in [0.1, 0.15) is 35.4 Å². The zero-order chi connectivity index (χ0) is 23.2. The van der Waals surface area contributed by atoms with E-state index in [-0.39, 0.29) is 29.6 Å². The Morgan fingerprint density at radius 2 is 2.06 bits per heavy atom. The first-order valence-electron chi connectivity index (χ1n) is 11.5. The highest BCUT2D eigenvalue weighted by Gasteiger charge is 2.59. The number of ketones is 1. The Morgan fingerprint density at radius 3 is 2.94 bits per heavy atom. The summed E-state index contributed by atoms with van der Waals surface area (Å²) in [5.74, 6) is 4.19. The SMILES string of the molecule is COc1cccc(CC(=O)C[C@@H]2[C@H]3Oc4ccc(Oc5ccnc6c5CCC(=O)N6)cc4[C@@H]23)c1. The minimum atomic E-state index is -0.0291. The topological polar surface area (TPSA) is 86.8 Å². The maximum Gasteiger partial charge on any atom is 0.225 e. The van der Waals surface area contributed by atoms with Gasteiger partial charge in [0.15, 0.2) is 0 Å². The molecule has 6 rings (SSSR count). The van der Waals surface area contributed by atoms with Gasteiger partial charge in [-0.05, 0) is 48.4 Å². The van der Waals surface area contributed by atoms with Crippen molar-refractivity contribution in [3.8, 4) is 23.0 Å². The first kappa shape index (κ1) is 20.7. The number of carbonyl (C=O) groups excluding carboxylic acids is 2. The van der Waals surface area contributed by atoms with Crippen molar-refractivity contribution in [3.63, 3.8) is 0 Å². The summed E-state index contributed by atoms with van der Waals surface area (Å²) in [4.78, 5) is 28.6. The van der Waals surface area contributed by atoms with E-state index in [1.807, 2.05) is 48.5 Å². The minimum absolute atomic E-state index is 0.0291. The summed E-state index contributed by atoms with van der Waals surface area (Å²) in [6.45, 7) is 0. The maximum atomic E-state index is 12.7. The minimum Gasteiger partial charge on any atom is -0.497 e. The molecule has 7 nitrogen and oxygen atoms in total. The summed E-state index contributed by atoms with van der Waals surface area (Å²) in [5.41, 5.74) is 2.96. The zero-order valence-corrected chi connectivity index (χ0v) is 18.7. The highest BCUT2D eigenvalue weighted by atomic mass is 16.5. The molecule has 1 N–H and O–H groups in total. The molecule has 1 amide bonds. The summed E-state index contributed by atoms with van der Waals surface area (Å²) in [5, 5.41) is 2.80. The van der Waals surface area contributed by atoms with Crippen LogP contribution in [0.15, 0.2) is 54.7 Å². The number of fused-ring (bicyclic) bond motifs is 4. The van der Waals surface area contributed by atoms with Gasteiger partial charge in [-0.2, -0.15) is 0 Å². The second-order valence-electron chi connectivity index (χ2n) is 9.03. The molecule has 2 aliphatic heterocycles. The average Bonchev–Trinajstić information content (AvgIpc) is 3.35. The monoisotopic (exact) mass is 456 g/mol. The molecule has 0 unspecified atom stereocenters. The molecule has 3 atom stereocenters. The van der Waals surface area contributed by atoms with Crippen LogP contribution in [0.5, 0.6) is 23.0 Å². The molecule has 0 saturated heterocycles. The van der Waals surface area contributed by atoms with Crippen molar-refractivity contribution in [2.45, 2.75) is 37.7 Å². The van der Waals surface area contributed by atoms with Crippen molar-refractivity contribution in [1.29, 1.82) is 0 Å². The molecule has 3 heterocycles. The first-order valence-corrected chi connectivity index (χ1v) is 11.5. The van der Waals surface area contributed by atoms with E-state index in [1.165, 1.54) is 0 Å². The second-order valence-corrected chi connectivity index (χ2v) is 9.03. The number of rotatable bonds is 7. The Kier molecular flexibility index (Phi) is 4.98. The largest absolute Gasteiger partial charge is 0.497 e. The predicted molar refractivity (Wildman–Crippen MR) is 125 cm³/mol. The molecule has 7 heteroatoms. The van der Waals surface area contributed by atoms with Crippen LogP contribution in [0, 0.1) is 5.92 Å². The molecule has 0 spiro atoms. The number of methoxy groups -OCH3 is 1. The van der Waals surface area contributed by atoms with E-state index < -0.39 is 0 Å². The number of carbonyl (C=O) groups is 2. The smallest absolute Gasteiger partial charge is 0.225 e. The molecule has 34 heavy (non-hydrogen) atoms. The average molecular weight is 456 g/mol. The van der Waals surface area contributed by atoms with E-state index in [1.54, 1.807) is 13.3 Å². The molecule has 3 aromatic rings. The van der Waals surface area contributed by atoms with Crippen molar-refractivity contribution >= 4 is 17.5 Å². The van der Waals surface area contributed by atoms with Crippen LogP contribution in [0.2, 0.25) is 0 Å². The van der Waals surface area contributed by atoms with E-state index in [2.05, 4.69) is 10.3 Å². The summed E-state index contributed by atoms with van der Waals surface area (Å²) in [6.07, 6.45) is 3.60. The van der Waals surface area contributed by atoms with Crippen LogP contribution >= 0.6 is 0 Å². The van der Waals surface area contributed by atoms with Gasteiger partial charge in [-0.1, -0.05) is 12.1 Å². The van der Waals surface area contributed by atoms with Gasteiger partial charge in [0.1, 0.15) is 40.7 Å². The number of amides is 1. The van der Waals surface area contributed by atoms with Crippen LogP contribution in [0.4, 0.5) is 5.82 Å². The van der Waals surface area contributed by atoms with E-state index >= 15 is 0 Å². The zero-order valence-electron chi connectivity index (χ0n) is 18.7. The number of pyridine rings is 1. The highest BCUT2D eigenvalue weighted by molar-refractivity contribution is 5.93. The standard InChI is InChI=1S/C27H24N2O5/c1-32-17-4-2-3-15(12-17)11-16(30)13-21-25-20-14-18(5-7-22(20)34-26(21)25)33-23-9-10-28-27-19(23)6-8-24(31)29-27/h2-5,7,9-10,12,14,21,25-26H,6,8,11,13H2,1H3,(H,28,29,31)/t21-,25-,26+/m0/s1. The summed E-state index contributed by atoms with van der Waals surface area (Å²) in [6, 6.07) is 15.3. The van der Waals surface area contributed by atoms with Crippen LogP contribution < -0.4 is 19.5 Å². The number of Topliss-reactive ketones (excluding diaryl/α,β-unsaturated/α-hetero) is 1. The van der Waals surface area contributed by atoms with Gasteiger partial charge in [0.2, 0.25) is 5.91 Å². The third-order valence-electron chi connectivity index (χ3n) is 6.80. The third kappa shape index (κ3) is 3.77. The third-order valence-corrected chi connectivity index (χ3v) is 6.80. The van der Waals surface area contributed by atoms with Crippen molar-refractivity contribution in [3.05, 3.63) is 71.4 Å². The van der Waals surface area contributed by atoms with Gasteiger partial charge in [0.05, 0.1) is 7.11 Å². The molecule has 1 aromatic heterocycles. The molecule has 0 bridgehead atoms. The fraction of sp³-hybridized carbons (Fsp3) is 0.296. The number of nitrogens with zero attached hydrogens (tertiary/aromatic N) is 1. The second kappa shape index (κ2) is 8.17. The van der Waals surface area contributed by atoms with E-state index in [0.717, 1.165) is 28.2 Å². The molecule has 3 aliphatic rings. The van der Waals surface area contributed by atoms with Crippen molar-refractivity contribution in [2.75, 3.05) is 12.4 Å². The lowest BCUT2D eigenvalue weighted by Crippen LogP contribution is -2.20.